The zero-order valence-electron chi connectivity index (χ0n) is 16.0. The van der Waals surface area contributed by atoms with E-state index in [2.05, 4.69) is 10.3 Å². The van der Waals surface area contributed by atoms with Gasteiger partial charge >= 0.3 is 5.78 Å². The lowest BCUT2D eigenvalue weighted by Crippen LogP contribution is -3.00. The lowest BCUT2D eigenvalue weighted by atomic mass is 10.1. The topological polar surface area (TPSA) is 77.0 Å². The van der Waals surface area contributed by atoms with Crippen LogP contribution in [0.3, 0.4) is 0 Å². The van der Waals surface area contributed by atoms with Crippen LogP contribution in [0.1, 0.15) is 22.8 Å². The molecule has 0 atom stereocenters. The number of anilines is 3. The summed E-state index contributed by atoms with van der Waals surface area (Å²) in [5.74, 6) is 1.26. The number of halogens is 2. The number of para-hydroxylation sites is 1. The van der Waals surface area contributed by atoms with Crippen LogP contribution >= 0.6 is 22.9 Å². The highest BCUT2D eigenvalue weighted by Crippen LogP contribution is 2.35. The van der Waals surface area contributed by atoms with Gasteiger partial charge in [-0.15, -0.1) is 16.3 Å². The Morgan fingerprint density at radius 3 is 2.52 bits per heavy atom. The Morgan fingerprint density at radius 1 is 1.24 bits per heavy atom. The van der Waals surface area contributed by atoms with Crippen molar-refractivity contribution in [1.29, 1.82) is 0 Å². The van der Waals surface area contributed by atoms with E-state index in [9.17, 15) is 4.79 Å². The third-order valence-electron chi connectivity index (χ3n) is 4.60. The molecule has 0 aliphatic carbocycles. The summed E-state index contributed by atoms with van der Waals surface area (Å²) in [6, 6.07) is 11.6. The molecule has 150 valence electrons. The van der Waals surface area contributed by atoms with Crippen LogP contribution in [-0.4, -0.2) is 15.5 Å². The smallest absolute Gasteiger partial charge is 0.342 e. The fraction of sp³-hybridized carbons (Fsp3) is 0.150. The Bertz CT molecular complexity index is 1200. The first kappa shape index (κ1) is 21.1. The summed E-state index contributed by atoms with van der Waals surface area (Å²) in [5.41, 5.74) is 10.1. The molecule has 3 heterocycles. The second kappa shape index (κ2) is 8.02. The molecule has 0 radical (unpaired) electrons. The van der Waals surface area contributed by atoms with Gasteiger partial charge in [-0.2, -0.15) is 8.97 Å². The lowest BCUT2D eigenvalue weighted by molar-refractivity contribution is -0.480. The molecule has 29 heavy (non-hydrogen) atoms. The highest BCUT2D eigenvalue weighted by atomic mass is 35.5. The number of hydrogen-bond acceptors (Lipinski definition) is 5. The van der Waals surface area contributed by atoms with Crippen LogP contribution in [0.25, 0.3) is 16.3 Å². The highest BCUT2D eigenvalue weighted by Gasteiger charge is 2.30. The Morgan fingerprint density at radius 2 is 1.93 bits per heavy atom. The maximum atomic E-state index is 12.6. The molecule has 6 nitrogen and oxygen atoms in total. The van der Waals surface area contributed by atoms with Gasteiger partial charge in [0.25, 0.3) is 5.91 Å². The number of carbonyl (C=O) groups is 1. The summed E-state index contributed by atoms with van der Waals surface area (Å²) < 4.78 is 3.28. The standard InChI is InChI=1S/C20H18ClN5OS.ClH/c1-11-6-4-7-12(2)17(11)24-19-18(14-8-5-9-28-14)25(13(3)27)20-23-15(21)10-16(22)26(19)20;/h4-10,22,24H,1-3H3;1H. The van der Waals surface area contributed by atoms with E-state index in [0.717, 1.165) is 21.7 Å². The molecule has 0 aliphatic heterocycles. The normalized spacial score (nSPS) is 10.8. The van der Waals surface area contributed by atoms with Crippen molar-refractivity contribution in [3.63, 3.8) is 0 Å². The number of aromatic nitrogens is 3. The molecule has 3 N–H and O–H groups in total. The molecular formula is C20H19Cl2N5OS. The number of nitrogens with one attached hydrogen (secondary N) is 1. The van der Waals surface area contributed by atoms with Gasteiger partial charge in [-0.25, -0.2) is 0 Å². The first-order valence-corrected chi connectivity index (χ1v) is 9.94. The van der Waals surface area contributed by atoms with Gasteiger partial charge in [0.15, 0.2) is 16.7 Å². The number of nitrogens with zero attached hydrogens (tertiary/aromatic N) is 3. The number of rotatable bonds is 3. The molecule has 3 aromatic heterocycles. The van der Waals surface area contributed by atoms with Crippen molar-refractivity contribution in [3.05, 3.63) is 58.1 Å². The number of thiophene rings is 1. The third-order valence-corrected chi connectivity index (χ3v) is 5.67. The van der Waals surface area contributed by atoms with E-state index < -0.39 is 0 Å². The minimum Gasteiger partial charge on any atom is -1.00 e. The van der Waals surface area contributed by atoms with Gasteiger partial charge in [0.05, 0.1) is 10.6 Å². The van der Waals surface area contributed by atoms with Gasteiger partial charge in [0.2, 0.25) is 5.82 Å². The van der Waals surface area contributed by atoms with E-state index in [4.69, 9.17) is 17.3 Å². The zero-order valence-corrected chi connectivity index (χ0v) is 18.4. The van der Waals surface area contributed by atoms with E-state index in [1.165, 1.54) is 18.3 Å². The molecule has 0 saturated carbocycles. The van der Waals surface area contributed by atoms with Gasteiger partial charge in [0.1, 0.15) is 0 Å². The van der Waals surface area contributed by atoms with Crippen LogP contribution in [0.4, 0.5) is 17.3 Å². The van der Waals surface area contributed by atoms with Gasteiger partial charge in [0, 0.05) is 13.0 Å². The van der Waals surface area contributed by atoms with E-state index in [0.29, 0.717) is 23.1 Å². The molecule has 4 aromatic rings. The summed E-state index contributed by atoms with van der Waals surface area (Å²) in [7, 11) is 0. The molecule has 0 spiro atoms. The minimum absolute atomic E-state index is 0. The SMILES string of the molecule is CC(=O)n1c(-c2cccs2)c(Nc2c(C)cccc2C)[n+]2c(N)cc(Cl)nc12.[Cl-]. The summed E-state index contributed by atoms with van der Waals surface area (Å²) >= 11 is 7.69. The molecule has 0 bridgehead atoms. The van der Waals surface area contributed by atoms with Crippen molar-refractivity contribution in [2.75, 3.05) is 11.1 Å². The van der Waals surface area contributed by atoms with Crippen molar-refractivity contribution < 1.29 is 21.6 Å². The number of nitrogens with two attached hydrogens (primary N) is 1. The Labute approximate surface area is 183 Å². The van der Waals surface area contributed by atoms with Crippen molar-refractivity contribution in [1.82, 2.24) is 9.55 Å². The Kier molecular flexibility index (Phi) is 5.84. The fourth-order valence-electron chi connectivity index (χ4n) is 3.35. The Balaban J connectivity index is 0.00000240. The molecule has 0 aliphatic rings. The number of nitrogen functional groups attached to an aromatic ring is 1. The van der Waals surface area contributed by atoms with Crippen molar-refractivity contribution in [2.24, 2.45) is 0 Å². The average Bonchev–Trinajstić information content (AvgIpc) is 3.23. The predicted octanol–water partition coefficient (Wildman–Crippen LogP) is 1.61. The average molecular weight is 448 g/mol. The second-order valence-electron chi connectivity index (χ2n) is 6.56. The quantitative estimate of drug-likeness (QED) is 0.369. The monoisotopic (exact) mass is 447 g/mol. The molecule has 9 heteroatoms. The minimum atomic E-state index is -0.176. The summed E-state index contributed by atoms with van der Waals surface area (Å²) in [5, 5.41) is 5.71. The molecule has 0 amide bonds. The van der Waals surface area contributed by atoms with Crippen LogP contribution in [0.5, 0.6) is 0 Å². The zero-order chi connectivity index (χ0) is 20.0. The molecule has 1 aromatic carbocycles. The maximum absolute atomic E-state index is 12.6. The van der Waals surface area contributed by atoms with Crippen LogP contribution in [-0.2, 0) is 0 Å². The van der Waals surface area contributed by atoms with E-state index in [1.54, 1.807) is 15.0 Å². The highest BCUT2D eigenvalue weighted by molar-refractivity contribution is 7.13. The number of hydrogen-bond donors (Lipinski definition) is 2. The van der Waals surface area contributed by atoms with Crippen molar-refractivity contribution in [3.8, 4) is 10.6 Å². The second-order valence-corrected chi connectivity index (χ2v) is 7.89. The maximum Gasteiger partial charge on any atom is 0.342 e. The van der Waals surface area contributed by atoms with E-state index in [-0.39, 0.29) is 23.5 Å². The lowest BCUT2D eigenvalue weighted by Gasteiger charge is -2.11. The number of fused-ring (bicyclic) bond motifs is 1. The van der Waals surface area contributed by atoms with Crippen molar-refractivity contribution >= 4 is 51.9 Å². The number of aryl methyl sites for hydroxylation is 2. The number of imidazole rings is 1. The molecular weight excluding hydrogens is 429 g/mol. The number of carbonyl (C=O) groups excluding carboxylic acids is 1. The van der Waals surface area contributed by atoms with Gasteiger partial charge < -0.3 is 18.1 Å². The summed E-state index contributed by atoms with van der Waals surface area (Å²) in [4.78, 5) is 17.9. The Hall–Kier alpha value is -2.61. The van der Waals surface area contributed by atoms with E-state index in [1.807, 2.05) is 49.6 Å². The molecule has 0 fully saturated rings. The van der Waals surface area contributed by atoms with E-state index >= 15 is 0 Å². The summed E-state index contributed by atoms with van der Waals surface area (Å²) in [6.45, 7) is 5.57. The molecule has 4 rings (SSSR count). The number of benzene rings is 1. The van der Waals surface area contributed by atoms with Crippen LogP contribution < -0.4 is 27.9 Å². The fourth-order valence-corrected chi connectivity index (χ4v) is 4.30. The largest absolute Gasteiger partial charge is 1.00 e. The van der Waals surface area contributed by atoms with Crippen LogP contribution in [0.2, 0.25) is 5.15 Å². The molecule has 0 unspecified atom stereocenters. The molecule has 0 saturated heterocycles. The first-order valence-electron chi connectivity index (χ1n) is 8.69. The van der Waals surface area contributed by atoms with Crippen molar-refractivity contribution in [2.45, 2.75) is 20.8 Å². The van der Waals surface area contributed by atoms with Gasteiger partial charge in [-0.3, -0.25) is 10.1 Å². The van der Waals surface area contributed by atoms with Crippen LogP contribution in [0.15, 0.2) is 41.8 Å². The summed E-state index contributed by atoms with van der Waals surface area (Å²) in [6.07, 6.45) is 0. The predicted molar refractivity (Wildman–Crippen MR) is 114 cm³/mol. The third kappa shape index (κ3) is 3.57. The first-order chi connectivity index (χ1) is 13.4. The van der Waals surface area contributed by atoms with Crippen LogP contribution in [0, 0.1) is 13.8 Å². The van der Waals surface area contributed by atoms with Gasteiger partial charge in [-0.1, -0.05) is 35.9 Å². The van der Waals surface area contributed by atoms with Gasteiger partial charge in [-0.05, 0) is 36.4 Å².